The summed E-state index contributed by atoms with van der Waals surface area (Å²) >= 11 is 0. The van der Waals surface area contributed by atoms with Crippen molar-refractivity contribution in [3.05, 3.63) is 139 Å². The molecule has 0 aliphatic carbocycles. The lowest BCUT2D eigenvalue weighted by Crippen LogP contribution is -2.10. The Morgan fingerprint density at radius 2 is 1.27 bits per heavy atom. The summed E-state index contributed by atoms with van der Waals surface area (Å²) in [4.78, 5) is 2.35. The SMILES string of the molecule is C1=Cc2c(oc3cc(N(c4ccc(-c5ccccc5)cc4)c4cc5ccccc5c5ccccc45)ccc23)NC1. The number of nitrogens with zero attached hydrogens (tertiary/aromatic N) is 1. The Bertz CT molecular complexity index is 2050. The zero-order chi connectivity index (χ0) is 26.5. The van der Waals surface area contributed by atoms with Crippen LogP contribution in [0.15, 0.2) is 138 Å². The fourth-order valence-corrected chi connectivity index (χ4v) is 5.95. The highest BCUT2D eigenvalue weighted by Crippen LogP contribution is 2.44. The molecular weight excluding hydrogens is 488 g/mol. The number of furan rings is 1. The third kappa shape index (κ3) is 3.67. The van der Waals surface area contributed by atoms with Gasteiger partial charge < -0.3 is 14.6 Å². The zero-order valence-electron chi connectivity index (χ0n) is 21.8. The van der Waals surface area contributed by atoms with Crippen molar-refractivity contribution in [3.63, 3.8) is 0 Å². The van der Waals surface area contributed by atoms with Crippen molar-refractivity contribution in [1.82, 2.24) is 0 Å². The monoisotopic (exact) mass is 514 g/mol. The zero-order valence-corrected chi connectivity index (χ0v) is 21.8. The molecule has 2 heterocycles. The van der Waals surface area contributed by atoms with Crippen LogP contribution in [-0.2, 0) is 0 Å². The van der Waals surface area contributed by atoms with Gasteiger partial charge in [0.25, 0.3) is 0 Å². The molecular formula is C37H26N2O. The summed E-state index contributed by atoms with van der Waals surface area (Å²) < 4.78 is 6.30. The highest BCUT2D eigenvalue weighted by atomic mass is 16.3. The van der Waals surface area contributed by atoms with Gasteiger partial charge in [-0.25, -0.2) is 0 Å². The highest BCUT2D eigenvalue weighted by Gasteiger charge is 2.20. The Kier molecular flexibility index (Phi) is 5.20. The van der Waals surface area contributed by atoms with Crippen LogP contribution in [0.2, 0.25) is 0 Å². The Hall–Kier alpha value is -5.28. The highest BCUT2D eigenvalue weighted by molar-refractivity contribution is 6.14. The maximum absolute atomic E-state index is 6.30. The van der Waals surface area contributed by atoms with Crippen LogP contribution in [0.1, 0.15) is 5.56 Å². The quantitative estimate of drug-likeness (QED) is 0.237. The van der Waals surface area contributed by atoms with E-state index in [0.717, 1.165) is 46.0 Å². The molecule has 0 bridgehead atoms. The van der Waals surface area contributed by atoms with E-state index in [-0.39, 0.29) is 0 Å². The number of benzene rings is 6. The number of rotatable bonds is 4. The van der Waals surface area contributed by atoms with Crippen LogP contribution in [0.25, 0.3) is 49.7 Å². The van der Waals surface area contributed by atoms with Crippen LogP contribution in [0, 0.1) is 0 Å². The van der Waals surface area contributed by atoms with Crippen molar-refractivity contribution >= 4 is 61.5 Å². The first-order chi connectivity index (χ1) is 19.8. The van der Waals surface area contributed by atoms with Crippen LogP contribution >= 0.6 is 0 Å². The lowest BCUT2D eigenvalue weighted by atomic mass is 9.98. The second-order valence-electron chi connectivity index (χ2n) is 10.2. The van der Waals surface area contributed by atoms with Crippen molar-refractivity contribution in [2.24, 2.45) is 0 Å². The molecule has 1 aliphatic heterocycles. The van der Waals surface area contributed by atoms with Crippen LogP contribution in [0.4, 0.5) is 22.9 Å². The van der Waals surface area contributed by atoms with Crippen molar-refractivity contribution in [2.75, 3.05) is 16.8 Å². The van der Waals surface area contributed by atoms with E-state index in [2.05, 4.69) is 150 Å². The van der Waals surface area contributed by atoms with Crippen molar-refractivity contribution in [2.45, 2.75) is 0 Å². The first-order valence-electron chi connectivity index (χ1n) is 13.7. The van der Waals surface area contributed by atoms with Gasteiger partial charge in [0.2, 0.25) is 5.88 Å². The Morgan fingerprint density at radius 3 is 2.12 bits per heavy atom. The average molecular weight is 515 g/mol. The van der Waals surface area contributed by atoms with E-state index >= 15 is 0 Å². The largest absolute Gasteiger partial charge is 0.440 e. The van der Waals surface area contributed by atoms with E-state index in [1.165, 1.54) is 32.7 Å². The van der Waals surface area contributed by atoms with Crippen LogP contribution in [0.3, 0.4) is 0 Å². The number of anilines is 4. The van der Waals surface area contributed by atoms with Crippen molar-refractivity contribution in [1.29, 1.82) is 0 Å². The predicted octanol–water partition coefficient (Wildman–Crippen LogP) is 10.3. The lowest BCUT2D eigenvalue weighted by Gasteiger charge is -2.27. The van der Waals surface area contributed by atoms with Gasteiger partial charge in [-0.2, -0.15) is 0 Å². The van der Waals surface area contributed by atoms with Gasteiger partial charge in [0.1, 0.15) is 5.58 Å². The van der Waals surface area contributed by atoms with Gasteiger partial charge in [-0.1, -0.05) is 103 Å². The first kappa shape index (κ1) is 22.7. The summed E-state index contributed by atoms with van der Waals surface area (Å²) in [6.45, 7) is 0.780. The molecule has 0 saturated heterocycles. The molecule has 0 unspecified atom stereocenters. The minimum atomic E-state index is 0.780. The van der Waals surface area contributed by atoms with E-state index in [0.29, 0.717) is 0 Å². The normalized spacial score (nSPS) is 12.5. The summed E-state index contributed by atoms with van der Waals surface area (Å²) in [5.41, 5.74) is 7.67. The minimum absolute atomic E-state index is 0.780. The molecule has 0 fully saturated rings. The molecule has 8 rings (SSSR count). The number of fused-ring (bicyclic) bond motifs is 6. The molecule has 7 aromatic rings. The van der Waals surface area contributed by atoms with Gasteiger partial charge in [-0.15, -0.1) is 0 Å². The molecule has 0 atom stereocenters. The molecule has 3 heteroatoms. The van der Waals surface area contributed by atoms with Crippen molar-refractivity contribution in [3.8, 4) is 11.1 Å². The molecule has 190 valence electrons. The number of nitrogens with one attached hydrogen (secondary N) is 1. The predicted molar refractivity (Wildman–Crippen MR) is 169 cm³/mol. The van der Waals surface area contributed by atoms with E-state index < -0.39 is 0 Å². The van der Waals surface area contributed by atoms with Crippen LogP contribution < -0.4 is 10.2 Å². The maximum Gasteiger partial charge on any atom is 0.201 e. The van der Waals surface area contributed by atoms with Gasteiger partial charge in [0, 0.05) is 40.3 Å². The smallest absolute Gasteiger partial charge is 0.201 e. The second-order valence-corrected chi connectivity index (χ2v) is 10.2. The summed E-state index contributed by atoms with van der Waals surface area (Å²) in [7, 11) is 0. The summed E-state index contributed by atoms with van der Waals surface area (Å²) in [6.07, 6.45) is 4.28. The molecule has 0 saturated carbocycles. The Morgan fingerprint density at radius 1 is 0.575 bits per heavy atom. The van der Waals surface area contributed by atoms with Crippen LogP contribution in [0.5, 0.6) is 0 Å². The third-order valence-electron chi connectivity index (χ3n) is 7.85. The maximum atomic E-state index is 6.30. The minimum Gasteiger partial charge on any atom is -0.440 e. The van der Waals surface area contributed by atoms with E-state index in [4.69, 9.17) is 4.42 Å². The van der Waals surface area contributed by atoms with E-state index in [1.54, 1.807) is 0 Å². The Labute approximate surface area is 232 Å². The first-order valence-corrected chi connectivity index (χ1v) is 13.7. The summed E-state index contributed by atoms with van der Waals surface area (Å²) in [6, 6.07) is 45.6. The van der Waals surface area contributed by atoms with E-state index in [9.17, 15) is 0 Å². The topological polar surface area (TPSA) is 28.4 Å². The van der Waals surface area contributed by atoms with Gasteiger partial charge >= 0.3 is 0 Å². The summed E-state index contributed by atoms with van der Waals surface area (Å²) in [5.74, 6) is 0.838. The van der Waals surface area contributed by atoms with E-state index in [1.807, 2.05) is 0 Å². The third-order valence-corrected chi connectivity index (χ3v) is 7.85. The van der Waals surface area contributed by atoms with Crippen molar-refractivity contribution < 1.29 is 4.42 Å². The number of hydrogen-bond donors (Lipinski definition) is 1. The molecule has 3 nitrogen and oxygen atoms in total. The fraction of sp³-hybridized carbons (Fsp3) is 0.0270. The molecule has 0 spiro atoms. The van der Waals surface area contributed by atoms with Gasteiger partial charge in [-0.3, -0.25) is 0 Å². The van der Waals surface area contributed by atoms with Gasteiger partial charge in [0.05, 0.1) is 5.69 Å². The molecule has 1 aliphatic rings. The molecule has 0 radical (unpaired) electrons. The second kappa shape index (κ2) is 9.18. The fourth-order valence-electron chi connectivity index (χ4n) is 5.95. The molecule has 0 amide bonds. The molecule has 1 aromatic heterocycles. The summed E-state index contributed by atoms with van der Waals surface area (Å²) in [5, 5.41) is 9.40. The lowest BCUT2D eigenvalue weighted by molar-refractivity contribution is 0.628. The average Bonchev–Trinajstić information content (AvgIpc) is 3.40. The molecule has 6 aromatic carbocycles. The van der Waals surface area contributed by atoms with Crippen LogP contribution in [-0.4, -0.2) is 6.54 Å². The standard InChI is InChI=1S/C37H26N2O/c1-2-9-25(10-3-1)26-16-18-28(19-17-26)39(29-20-21-33-34-15-8-22-38-37(34)40-36(33)24-29)35-23-27-11-4-5-12-30(27)31-13-6-7-14-32(31)35/h1-21,23-24,38H,22H2. The van der Waals surface area contributed by atoms with Gasteiger partial charge in [0.15, 0.2) is 0 Å². The Balaban J connectivity index is 1.37. The number of hydrogen-bond acceptors (Lipinski definition) is 3. The molecule has 1 N–H and O–H groups in total. The van der Waals surface area contributed by atoms with Gasteiger partial charge in [-0.05, 0) is 57.6 Å². The molecule has 40 heavy (non-hydrogen) atoms.